The molecule has 0 aliphatic rings. The molecule has 0 unspecified atom stereocenters. The quantitative estimate of drug-likeness (QED) is 0.561. The Kier molecular flexibility index (Phi) is 8.20. The Balaban J connectivity index is 2.24. The molecule has 0 saturated heterocycles. The van der Waals surface area contributed by atoms with Crippen molar-refractivity contribution < 1.29 is 24.2 Å². The molecular formula is C16H22N2O5. The van der Waals surface area contributed by atoms with Gasteiger partial charge in [-0.2, -0.15) is 0 Å². The van der Waals surface area contributed by atoms with E-state index in [4.69, 9.17) is 9.84 Å². The Hall–Kier alpha value is -2.57. The van der Waals surface area contributed by atoms with Crippen LogP contribution in [-0.2, 0) is 9.59 Å². The third-order valence-electron chi connectivity index (χ3n) is 2.98. The summed E-state index contributed by atoms with van der Waals surface area (Å²) < 4.78 is 5.29. The van der Waals surface area contributed by atoms with Crippen LogP contribution in [0.2, 0.25) is 0 Å². The number of unbranched alkanes of at least 4 members (excludes halogenated alkanes) is 1. The lowest BCUT2D eigenvalue weighted by Gasteiger charge is -2.07. The molecule has 0 fully saturated rings. The van der Waals surface area contributed by atoms with Crippen molar-refractivity contribution in [3.63, 3.8) is 0 Å². The van der Waals surface area contributed by atoms with E-state index in [0.717, 1.165) is 0 Å². The second kappa shape index (κ2) is 10.2. The lowest BCUT2D eigenvalue weighted by atomic mass is 10.2. The van der Waals surface area contributed by atoms with Gasteiger partial charge in [-0.05, 0) is 44.0 Å². The maximum atomic E-state index is 11.9. The maximum Gasteiger partial charge on any atom is 0.303 e. The Bertz CT molecular complexity index is 528. The fourth-order valence-electron chi connectivity index (χ4n) is 1.82. The van der Waals surface area contributed by atoms with Crippen LogP contribution < -0.4 is 15.4 Å². The van der Waals surface area contributed by atoms with Crippen molar-refractivity contribution in [2.75, 3.05) is 19.7 Å². The van der Waals surface area contributed by atoms with Crippen molar-refractivity contribution in [3.05, 3.63) is 29.8 Å². The second-order valence-electron chi connectivity index (χ2n) is 4.84. The minimum absolute atomic E-state index is 0.0876. The fraction of sp³-hybridized carbons (Fsp3) is 0.438. The van der Waals surface area contributed by atoms with Crippen LogP contribution in [0.25, 0.3) is 0 Å². The van der Waals surface area contributed by atoms with Crippen molar-refractivity contribution in [2.24, 2.45) is 0 Å². The topological polar surface area (TPSA) is 105 Å². The minimum Gasteiger partial charge on any atom is -0.494 e. The molecule has 0 saturated carbocycles. The number of nitrogens with one attached hydrogen (secondary N) is 2. The first-order chi connectivity index (χ1) is 11.0. The van der Waals surface area contributed by atoms with Crippen molar-refractivity contribution >= 4 is 17.8 Å². The smallest absolute Gasteiger partial charge is 0.303 e. The zero-order valence-corrected chi connectivity index (χ0v) is 13.1. The predicted octanol–water partition coefficient (Wildman–Crippen LogP) is 1.19. The van der Waals surface area contributed by atoms with Crippen LogP contribution in [0.1, 0.15) is 36.5 Å². The summed E-state index contributed by atoms with van der Waals surface area (Å²) in [6, 6.07) is 6.65. The Morgan fingerprint density at radius 2 is 1.78 bits per heavy atom. The Morgan fingerprint density at radius 3 is 2.39 bits per heavy atom. The van der Waals surface area contributed by atoms with Gasteiger partial charge in [-0.15, -0.1) is 0 Å². The number of rotatable bonds is 10. The van der Waals surface area contributed by atoms with Crippen molar-refractivity contribution in [2.45, 2.75) is 26.2 Å². The highest BCUT2D eigenvalue weighted by Gasteiger charge is 2.08. The number of hydrogen-bond donors (Lipinski definition) is 3. The number of ether oxygens (including phenoxy) is 1. The fourth-order valence-corrected chi connectivity index (χ4v) is 1.82. The number of carboxylic acids is 1. The summed E-state index contributed by atoms with van der Waals surface area (Å²) in [6.07, 6.45) is 1.18. The molecule has 2 amide bonds. The van der Waals surface area contributed by atoms with Crippen molar-refractivity contribution in [1.29, 1.82) is 0 Å². The van der Waals surface area contributed by atoms with Crippen LogP contribution in [0.3, 0.4) is 0 Å². The highest BCUT2D eigenvalue weighted by molar-refractivity contribution is 5.96. The van der Waals surface area contributed by atoms with E-state index in [-0.39, 0.29) is 24.8 Å². The molecule has 0 radical (unpaired) electrons. The zero-order valence-electron chi connectivity index (χ0n) is 13.1. The largest absolute Gasteiger partial charge is 0.494 e. The molecule has 0 aliphatic carbocycles. The molecule has 126 valence electrons. The van der Waals surface area contributed by atoms with Crippen LogP contribution in [0.15, 0.2) is 24.3 Å². The van der Waals surface area contributed by atoms with Crippen LogP contribution in [-0.4, -0.2) is 42.6 Å². The monoisotopic (exact) mass is 322 g/mol. The van der Waals surface area contributed by atoms with E-state index >= 15 is 0 Å². The standard InChI is InChI=1S/C16H22N2O5/c1-2-23-13-8-6-12(7-9-13)16(22)18-11-14(19)17-10-4-3-5-15(20)21/h6-9H,2-5,10-11H2,1H3,(H,17,19)(H,18,22)(H,20,21). The van der Waals surface area contributed by atoms with Gasteiger partial charge in [0.25, 0.3) is 5.91 Å². The van der Waals surface area contributed by atoms with Crippen molar-refractivity contribution in [3.8, 4) is 5.75 Å². The van der Waals surface area contributed by atoms with E-state index in [1.54, 1.807) is 24.3 Å². The van der Waals surface area contributed by atoms with E-state index in [0.29, 0.717) is 37.3 Å². The minimum atomic E-state index is -0.848. The predicted molar refractivity (Wildman–Crippen MR) is 84.4 cm³/mol. The first-order valence-corrected chi connectivity index (χ1v) is 7.52. The number of hydrogen-bond acceptors (Lipinski definition) is 4. The lowest BCUT2D eigenvalue weighted by Crippen LogP contribution is -2.37. The van der Waals surface area contributed by atoms with Gasteiger partial charge >= 0.3 is 5.97 Å². The summed E-state index contributed by atoms with van der Waals surface area (Å²) in [5.41, 5.74) is 0.447. The summed E-state index contributed by atoms with van der Waals surface area (Å²) in [4.78, 5) is 33.7. The zero-order chi connectivity index (χ0) is 17.1. The average Bonchev–Trinajstić information content (AvgIpc) is 2.53. The van der Waals surface area contributed by atoms with Gasteiger partial charge in [-0.1, -0.05) is 0 Å². The van der Waals surface area contributed by atoms with Gasteiger partial charge in [-0.3, -0.25) is 14.4 Å². The molecular weight excluding hydrogens is 300 g/mol. The van der Waals surface area contributed by atoms with Crippen LogP contribution in [0.5, 0.6) is 5.75 Å². The molecule has 1 aromatic carbocycles. The van der Waals surface area contributed by atoms with Gasteiger partial charge in [0.05, 0.1) is 13.2 Å². The number of carbonyl (C=O) groups is 3. The second-order valence-corrected chi connectivity index (χ2v) is 4.84. The SMILES string of the molecule is CCOc1ccc(C(=O)NCC(=O)NCCCCC(=O)O)cc1. The number of benzene rings is 1. The first-order valence-electron chi connectivity index (χ1n) is 7.52. The molecule has 7 heteroatoms. The average molecular weight is 322 g/mol. The van der Waals surface area contributed by atoms with Crippen LogP contribution in [0, 0.1) is 0 Å². The Labute approximate surface area is 135 Å². The van der Waals surface area contributed by atoms with Crippen molar-refractivity contribution in [1.82, 2.24) is 10.6 Å². The molecule has 1 aromatic rings. The van der Waals surface area contributed by atoms with E-state index in [1.807, 2.05) is 6.92 Å². The third-order valence-corrected chi connectivity index (χ3v) is 2.98. The number of carboxylic acid groups (broad SMARTS) is 1. The molecule has 23 heavy (non-hydrogen) atoms. The highest BCUT2D eigenvalue weighted by Crippen LogP contribution is 2.11. The number of amides is 2. The molecule has 0 bridgehead atoms. The summed E-state index contributed by atoms with van der Waals surface area (Å²) in [5, 5.41) is 13.6. The van der Waals surface area contributed by atoms with E-state index in [2.05, 4.69) is 10.6 Å². The summed E-state index contributed by atoms with van der Waals surface area (Å²) in [6.45, 7) is 2.70. The van der Waals surface area contributed by atoms with E-state index in [9.17, 15) is 14.4 Å². The van der Waals surface area contributed by atoms with Gasteiger partial charge in [0.2, 0.25) is 5.91 Å². The number of carbonyl (C=O) groups excluding carboxylic acids is 2. The number of aliphatic carboxylic acids is 1. The molecule has 0 aliphatic heterocycles. The first kappa shape index (κ1) is 18.5. The van der Waals surface area contributed by atoms with Crippen LogP contribution >= 0.6 is 0 Å². The van der Waals surface area contributed by atoms with Gasteiger partial charge in [-0.25, -0.2) is 0 Å². The van der Waals surface area contributed by atoms with Gasteiger partial charge in [0.15, 0.2) is 0 Å². The normalized spacial score (nSPS) is 9.96. The third kappa shape index (κ3) is 7.85. The molecule has 3 N–H and O–H groups in total. The van der Waals surface area contributed by atoms with Gasteiger partial charge < -0.3 is 20.5 Å². The maximum absolute atomic E-state index is 11.9. The summed E-state index contributed by atoms with van der Waals surface area (Å²) in [5.74, 6) is -0.809. The molecule has 0 aromatic heterocycles. The Morgan fingerprint density at radius 1 is 1.09 bits per heavy atom. The molecule has 0 atom stereocenters. The molecule has 7 nitrogen and oxygen atoms in total. The van der Waals surface area contributed by atoms with Crippen LogP contribution in [0.4, 0.5) is 0 Å². The summed E-state index contributed by atoms with van der Waals surface area (Å²) >= 11 is 0. The van der Waals surface area contributed by atoms with E-state index in [1.165, 1.54) is 0 Å². The summed E-state index contributed by atoms with van der Waals surface area (Å²) in [7, 11) is 0. The van der Waals surface area contributed by atoms with E-state index < -0.39 is 5.97 Å². The van der Waals surface area contributed by atoms with Gasteiger partial charge in [0.1, 0.15) is 5.75 Å². The molecule has 0 heterocycles. The molecule has 0 spiro atoms. The lowest BCUT2D eigenvalue weighted by molar-refractivity contribution is -0.137. The molecule has 1 rings (SSSR count). The van der Waals surface area contributed by atoms with Gasteiger partial charge in [0, 0.05) is 18.5 Å². The highest BCUT2D eigenvalue weighted by atomic mass is 16.5.